The van der Waals surface area contributed by atoms with Crippen LogP contribution < -0.4 is 14.2 Å². The fraction of sp³-hybridized carbons (Fsp3) is 0.316. The lowest BCUT2D eigenvalue weighted by molar-refractivity contribution is 0.0963. The smallest absolute Gasteiger partial charge is 0.163 e. The molecule has 23 heavy (non-hydrogen) atoms. The first kappa shape index (κ1) is 15.4. The van der Waals surface area contributed by atoms with Crippen molar-refractivity contribution >= 4 is 5.78 Å². The van der Waals surface area contributed by atoms with Gasteiger partial charge in [0.05, 0.1) is 21.3 Å². The van der Waals surface area contributed by atoms with Gasteiger partial charge in [-0.15, -0.1) is 0 Å². The molecular formula is C19H20O4. The maximum atomic E-state index is 12.5. The Morgan fingerprint density at radius 2 is 1.57 bits per heavy atom. The first-order valence-corrected chi connectivity index (χ1v) is 7.59. The highest BCUT2D eigenvalue weighted by Gasteiger charge is 2.30. The minimum atomic E-state index is 0.0354. The molecule has 4 nitrogen and oxygen atoms in total. The second-order valence-corrected chi connectivity index (χ2v) is 5.63. The molecule has 0 aromatic heterocycles. The minimum Gasteiger partial charge on any atom is -0.496 e. The van der Waals surface area contributed by atoms with Crippen molar-refractivity contribution in [1.82, 2.24) is 0 Å². The zero-order chi connectivity index (χ0) is 16.4. The molecule has 1 unspecified atom stereocenters. The van der Waals surface area contributed by atoms with Crippen LogP contribution in [0.3, 0.4) is 0 Å². The summed E-state index contributed by atoms with van der Waals surface area (Å²) < 4.78 is 16.4. The van der Waals surface area contributed by atoms with E-state index in [1.54, 1.807) is 21.3 Å². The van der Waals surface area contributed by atoms with Gasteiger partial charge in [0.2, 0.25) is 0 Å². The third kappa shape index (κ3) is 2.77. The molecular weight excluding hydrogens is 292 g/mol. The van der Waals surface area contributed by atoms with E-state index in [2.05, 4.69) is 0 Å². The number of ketones is 1. The van der Waals surface area contributed by atoms with Gasteiger partial charge in [0.25, 0.3) is 0 Å². The summed E-state index contributed by atoms with van der Waals surface area (Å²) in [5.74, 6) is 2.26. The van der Waals surface area contributed by atoms with Gasteiger partial charge in [-0.25, -0.2) is 0 Å². The summed E-state index contributed by atoms with van der Waals surface area (Å²) in [7, 11) is 4.85. The van der Waals surface area contributed by atoms with Crippen molar-refractivity contribution in [3.05, 3.63) is 53.1 Å². The van der Waals surface area contributed by atoms with E-state index in [0.29, 0.717) is 23.7 Å². The minimum absolute atomic E-state index is 0.0354. The van der Waals surface area contributed by atoms with Gasteiger partial charge in [-0.05, 0) is 12.0 Å². The van der Waals surface area contributed by atoms with Gasteiger partial charge in [0.1, 0.15) is 17.2 Å². The second kappa shape index (κ2) is 6.32. The molecule has 2 aromatic carbocycles. The average molecular weight is 312 g/mol. The van der Waals surface area contributed by atoms with Crippen LogP contribution >= 0.6 is 0 Å². The lowest BCUT2D eigenvalue weighted by Crippen LogP contribution is -2.19. The number of methoxy groups -OCH3 is 3. The summed E-state index contributed by atoms with van der Waals surface area (Å²) in [5.41, 5.74) is 2.84. The third-order valence-corrected chi connectivity index (χ3v) is 4.38. The molecule has 0 fully saturated rings. The molecule has 120 valence electrons. The zero-order valence-corrected chi connectivity index (χ0v) is 13.6. The van der Waals surface area contributed by atoms with Crippen LogP contribution in [0.4, 0.5) is 0 Å². The summed E-state index contributed by atoms with van der Waals surface area (Å²) in [4.78, 5) is 12.5. The van der Waals surface area contributed by atoms with Crippen molar-refractivity contribution in [2.45, 2.75) is 18.8 Å². The van der Waals surface area contributed by atoms with Crippen molar-refractivity contribution in [2.75, 3.05) is 21.3 Å². The second-order valence-electron chi connectivity index (χ2n) is 5.63. The predicted octanol–water partition coefficient (Wildman–Crippen LogP) is 3.63. The summed E-state index contributed by atoms with van der Waals surface area (Å²) in [6, 6.07) is 11.5. The molecule has 0 radical (unpaired) electrons. The number of hydrogen-bond acceptors (Lipinski definition) is 4. The normalized spacial score (nSPS) is 16.7. The van der Waals surface area contributed by atoms with Crippen LogP contribution in [0.25, 0.3) is 0 Å². The van der Waals surface area contributed by atoms with Crippen LogP contribution in [0.2, 0.25) is 0 Å². The van der Waals surface area contributed by atoms with E-state index in [9.17, 15) is 4.79 Å². The van der Waals surface area contributed by atoms with Crippen molar-refractivity contribution in [2.24, 2.45) is 0 Å². The third-order valence-electron chi connectivity index (χ3n) is 4.38. The number of hydrogen-bond donors (Lipinski definition) is 0. The molecule has 0 amide bonds. The average Bonchev–Trinajstić information content (AvgIpc) is 2.60. The largest absolute Gasteiger partial charge is 0.496 e. The van der Waals surface area contributed by atoms with Gasteiger partial charge in [0, 0.05) is 35.6 Å². The molecule has 0 heterocycles. The molecule has 4 heteroatoms. The van der Waals surface area contributed by atoms with Crippen molar-refractivity contribution < 1.29 is 19.0 Å². The fourth-order valence-corrected chi connectivity index (χ4v) is 3.28. The van der Waals surface area contributed by atoms with Crippen molar-refractivity contribution in [3.8, 4) is 17.2 Å². The van der Waals surface area contributed by atoms with E-state index >= 15 is 0 Å². The van der Waals surface area contributed by atoms with Crippen LogP contribution in [0.15, 0.2) is 36.4 Å². The molecule has 1 aliphatic carbocycles. The number of carbonyl (C=O) groups excluding carboxylic acids is 1. The van der Waals surface area contributed by atoms with E-state index in [4.69, 9.17) is 14.2 Å². The monoisotopic (exact) mass is 312 g/mol. The van der Waals surface area contributed by atoms with E-state index in [1.165, 1.54) is 0 Å². The van der Waals surface area contributed by atoms with Gasteiger partial charge in [0.15, 0.2) is 5.78 Å². The number of benzene rings is 2. The summed E-state index contributed by atoms with van der Waals surface area (Å²) in [5, 5.41) is 0. The quantitative estimate of drug-likeness (QED) is 0.865. The molecule has 3 rings (SSSR count). The Hall–Kier alpha value is -2.49. The van der Waals surface area contributed by atoms with Crippen LogP contribution in [-0.4, -0.2) is 27.1 Å². The fourth-order valence-electron chi connectivity index (χ4n) is 3.28. The SMILES string of the molecule is COc1cc(OC)c(C2CC(=O)c3ccccc3C2)c(OC)c1. The van der Waals surface area contributed by atoms with Crippen LogP contribution in [-0.2, 0) is 6.42 Å². The first-order valence-electron chi connectivity index (χ1n) is 7.59. The van der Waals surface area contributed by atoms with E-state index < -0.39 is 0 Å². The molecule has 1 atom stereocenters. The number of carbonyl (C=O) groups is 1. The predicted molar refractivity (Wildman–Crippen MR) is 87.9 cm³/mol. The van der Waals surface area contributed by atoms with Gasteiger partial charge < -0.3 is 14.2 Å². The highest BCUT2D eigenvalue weighted by atomic mass is 16.5. The molecule has 1 aliphatic rings. The Labute approximate surface area is 136 Å². The molecule has 0 bridgehead atoms. The molecule has 0 saturated heterocycles. The molecule has 0 saturated carbocycles. The topological polar surface area (TPSA) is 44.8 Å². The lowest BCUT2D eigenvalue weighted by Gasteiger charge is -2.27. The number of rotatable bonds is 4. The van der Waals surface area contributed by atoms with Crippen LogP contribution in [0.5, 0.6) is 17.2 Å². The molecule has 0 spiro atoms. The zero-order valence-electron chi connectivity index (χ0n) is 13.6. The Morgan fingerprint density at radius 3 is 2.17 bits per heavy atom. The van der Waals surface area contributed by atoms with Gasteiger partial charge in [-0.3, -0.25) is 4.79 Å². The number of Topliss-reactive ketones (excluding diaryl/α,β-unsaturated/α-hetero) is 1. The summed E-state index contributed by atoms with van der Waals surface area (Å²) in [6.45, 7) is 0. The highest BCUT2D eigenvalue weighted by Crippen LogP contribution is 2.44. The lowest BCUT2D eigenvalue weighted by atomic mass is 9.79. The summed E-state index contributed by atoms with van der Waals surface area (Å²) in [6.07, 6.45) is 1.25. The molecule has 2 aromatic rings. The molecule has 0 aliphatic heterocycles. The number of ether oxygens (including phenoxy) is 3. The number of fused-ring (bicyclic) bond motifs is 1. The first-order chi connectivity index (χ1) is 11.2. The van der Waals surface area contributed by atoms with Crippen LogP contribution in [0.1, 0.15) is 33.8 Å². The maximum absolute atomic E-state index is 12.5. The highest BCUT2D eigenvalue weighted by molar-refractivity contribution is 5.99. The van der Waals surface area contributed by atoms with Gasteiger partial charge in [-0.1, -0.05) is 24.3 Å². The maximum Gasteiger partial charge on any atom is 0.163 e. The Balaban J connectivity index is 2.07. The van der Waals surface area contributed by atoms with Gasteiger partial charge in [-0.2, -0.15) is 0 Å². The summed E-state index contributed by atoms with van der Waals surface area (Å²) >= 11 is 0. The van der Waals surface area contributed by atoms with E-state index in [-0.39, 0.29) is 11.7 Å². The Kier molecular flexibility index (Phi) is 4.24. The Morgan fingerprint density at radius 1 is 0.913 bits per heavy atom. The van der Waals surface area contributed by atoms with E-state index in [0.717, 1.165) is 23.1 Å². The standard InChI is InChI=1S/C19H20O4/c1-21-14-10-17(22-2)19(18(11-14)23-3)13-8-12-6-4-5-7-15(12)16(20)9-13/h4-7,10-11,13H,8-9H2,1-3H3. The van der Waals surface area contributed by atoms with Crippen molar-refractivity contribution in [1.29, 1.82) is 0 Å². The van der Waals surface area contributed by atoms with Crippen LogP contribution in [0, 0.1) is 0 Å². The van der Waals surface area contributed by atoms with Crippen molar-refractivity contribution in [3.63, 3.8) is 0 Å². The molecule has 0 N–H and O–H groups in total. The van der Waals surface area contributed by atoms with Gasteiger partial charge >= 0.3 is 0 Å². The van der Waals surface area contributed by atoms with E-state index in [1.807, 2.05) is 36.4 Å². The Bertz CT molecular complexity index is 711.